The van der Waals surface area contributed by atoms with E-state index < -0.39 is 0 Å². The summed E-state index contributed by atoms with van der Waals surface area (Å²) >= 11 is 5.82. The molecule has 1 N–H and O–H groups in total. The van der Waals surface area contributed by atoms with Gasteiger partial charge in [0.1, 0.15) is 0 Å². The maximum Gasteiger partial charge on any atom is 0.338 e. The van der Waals surface area contributed by atoms with Crippen molar-refractivity contribution in [1.29, 1.82) is 0 Å². The van der Waals surface area contributed by atoms with Crippen LogP contribution in [0.15, 0.2) is 48.5 Å². The Hall–Kier alpha value is -2.59. The molecule has 24 heavy (non-hydrogen) atoms. The molecule has 2 aromatic carbocycles. The molecule has 1 amide bonds. The van der Waals surface area contributed by atoms with Crippen LogP contribution in [-0.4, -0.2) is 18.5 Å². The molecule has 0 heterocycles. The van der Waals surface area contributed by atoms with Crippen LogP contribution in [0.4, 0.5) is 5.69 Å². The molecule has 2 aromatic rings. The molecule has 0 radical (unpaired) electrons. The molecule has 0 atom stereocenters. The van der Waals surface area contributed by atoms with Crippen molar-refractivity contribution in [3.05, 3.63) is 70.3 Å². The van der Waals surface area contributed by atoms with Crippen molar-refractivity contribution in [1.82, 2.24) is 0 Å². The second kappa shape index (κ2) is 8.31. The molecule has 0 bridgehead atoms. The zero-order chi connectivity index (χ0) is 17.5. The van der Waals surface area contributed by atoms with E-state index in [9.17, 15) is 9.59 Å². The first-order chi connectivity index (χ1) is 11.5. The molecule has 0 fully saturated rings. The van der Waals surface area contributed by atoms with Gasteiger partial charge in [-0.3, -0.25) is 4.79 Å². The molecule has 4 nitrogen and oxygen atoms in total. The molecule has 0 aromatic heterocycles. The SMILES string of the molecule is CCOC(=O)c1ccc(NC(=O)/C=C/c2ccc(Cl)cc2)c(C)c1. The lowest BCUT2D eigenvalue weighted by molar-refractivity contribution is -0.111. The fourth-order valence-corrected chi connectivity index (χ4v) is 2.19. The first kappa shape index (κ1) is 17.8. The van der Waals surface area contributed by atoms with Gasteiger partial charge in [-0.05, 0) is 61.4 Å². The van der Waals surface area contributed by atoms with E-state index in [0.29, 0.717) is 22.9 Å². The van der Waals surface area contributed by atoms with Crippen LogP contribution in [0.3, 0.4) is 0 Å². The van der Waals surface area contributed by atoms with E-state index >= 15 is 0 Å². The van der Waals surface area contributed by atoms with Gasteiger partial charge in [-0.15, -0.1) is 0 Å². The molecular weight excluding hydrogens is 326 g/mol. The largest absolute Gasteiger partial charge is 0.462 e. The predicted octanol–water partition coefficient (Wildman–Crippen LogP) is 4.48. The zero-order valence-electron chi connectivity index (χ0n) is 13.5. The summed E-state index contributed by atoms with van der Waals surface area (Å²) in [5.74, 6) is -0.627. The number of anilines is 1. The van der Waals surface area contributed by atoms with E-state index in [2.05, 4.69) is 5.32 Å². The molecule has 0 aliphatic carbocycles. The van der Waals surface area contributed by atoms with Gasteiger partial charge in [0.2, 0.25) is 5.91 Å². The van der Waals surface area contributed by atoms with Gasteiger partial charge in [-0.2, -0.15) is 0 Å². The Morgan fingerprint density at radius 3 is 2.50 bits per heavy atom. The zero-order valence-corrected chi connectivity index (χ0v) is 14.3. The van der Waals surface area contributed by atoms with Crippen LogP contribution in [-0.2, 0) is 9.53 Å². The normalized spacial score (nSPS) is 10.6. The van der Waals surface area contributed by atoms with Crippen molar-refractivity contribution in [2.75, 3.05) is 11.9 Å². The summed E-state index contributed by atoms with van der Waals surface area (Å²) < 4.78 is 4.95. The molecule has 2 rings (SSSR count). The number of carbonyl (C=O) groups excluding carboxylic acids is 2. The highest BCUT2D eigenvalue weighted by Gasteiger charge is 2.09. The number of nitrogens with one attached hydrogen (secondary N) is 1. The van der Waals surface area contributed by atoms with Gasteiger partial charge in [0.25, 0.3) is 0 Å². The number of esters is 1. The predicted molar refractivity (Wildman–Crippen MR) is 96.3 cm³/mol. The standard InChI is InChI=1S/C19H18ClNO3/c1-3-24-19(23)15-7-10-17(13(2)12-15)21-18(22)11-6-14-4-8-16(20)9-5-14/h4-12H,3H2,1-2H3,(H,21,22)/b11-6+. The molecule has 0 aliphatic heterocycles. The van der Waals surface area contributed by atoms with Gasteiger partial charge in [0, 0.05) is 16.8 Å². The van der Waals surface area contributed by atoms with Gasteiger partial charge < -0.3 is 10.1 Å². The number of halogens is 1. The van der Waals surface area contributed by atoms with Crippen LogP contribution >= 0.6 is 11.6 Å². The Morgan fingerprint density at radius 1 is 1.17 bits per heavy atom. The lowest BCUT2D eigenvalue weighted by Crippen LogP contribution is -2.10. The minimum absolute atomic E-state index is 0.253. The fourth-order valence-electron chi connectivity index (χ4n) is 2.07. The van der Waals surface area contributed by atoms with Crippen LogP contribution in [0, 0.1) is 6.92 Å². The van der Waals surface area contributed by atoms with Gasteiger partial charge in [0.05, 0.1) is 12.2 Å². The number of rotatable bonds is 5. The van der Waals surface area contributed by atoms with E-state index in [4.69, 9.17) is 16.3 Å². The second-order valence-electron chi connectivity index (χ2n) is 5.12. The Morgan fingerprint density at radius 2 is 1.88 bits per heavy atom. The van der Waals surface area contributed by atoms with Crippen LogP contribution < -0.4 is 5.32 Å². The van der Waals surface area contributed by atoms with Crippen molar-refractivity contribution in [2.45, 2.75) is 13.8 Å². The number of ether oxygens (including phenoxy) is 1. The van der Waals surface area contributed by atoms with Gasteiger partial charge >= 0.3 is 5.97 Å². The van der Waals surface area contributed by atoms with Crippen molar-refractivity contribution in [2.24, 2.45) is 0 Å². The fraction of sp³-hybridized carbons (Fsp3) is 0.158. The topological polar surface area (TPSA) is 55.4 Å². The van der Waals surface area contributed by atoms with Crippen LogP contribution in [0.25, 0.3) is 6.08 Å². The monoisotopic (exact) mass is 343 g/mol. The maximum atomic E-state index is 12.0. The Kier molecular flexibility index (Phi) is 6.15. The Bertz CT molecular complexity index is 767. The minimum Gasteiger partial charge on any atom is -0.462 e. The maximum absolute atomic E-state index is 12.0. The van der Waals surface area contributed by atoms with Crippen molar-refractivity contribution < 1.29 is 14.3 Å². The summed E-state index contributed by atoms with van der Waals surface area (Å²) in [7, 11) is 0. The van der Waals surface area contributed by atoms with Crippen LogP contribution in [0.5, 0.6) is 0 Å². The third kappa shape index (κ3) is 4.96. The summed E-state index contributed by atoms with van der Waals surface area (Å²) in [4.78, 5) is 23.7. The van der Waals surface area contributed by atoms with Crippen LogP contribution in [0.2, 0.25) is 5.02 Å². The number of aryl methyl sites for hydroxylation is 1. The number of amides is 1. The molecule has 5 heteroatoms. The van der Waals surface area contributed by atoms with E-state index in [1.165, 1.54) is 6.08 Å². The summed E-state index contributed by atoms with van der Waals surface area (Å²) in [5.41, 5.74) is 2.77. The average molecular weight is 344 g/mol. The smallest absolute Gasteiger partial charge is 0.338 e. The molecule has 124 valence electrons. The van der Waals surface area contributed by atoms with E-state index in [1.54, 1.807) is 43.3 Å². The highest BCUT2D eigenvalue weighted by atomic mass is 35.5. The first-order valence-corrected chi connectivity index (χ1v) is 7.90. The molecule has 0 saturated heterocycles. The van der Waals surface area contributed by atoms with E-state index in [0.717, 1.165) is 11.1 Å². The number of hydrogen-bond acceptors (Lipinski definition) is 3. The third-order valence-corrected chi connectivity index (χ3v) is 3.54. The molecule has 0 saturated carbocycles. The minimum atomic E-state index is -0.374. The van der Waals surface area contributed by atoms with E-state index in [-0.39, 0.29) is 11.9 Å². The van der Waals surface area contributed by atoms with Crippen molar-refractivity contribution in [3.8, 4) is 0 Å². The third-order valence-electron chi connectivity index (χ3n) is 3.29. The lowest BCUT2D eigenvalue weighted by atomic mass is 10.1. The molecule has 0 aliphatic rings. The van der Waals surface area contributed by atoms with Crippen molar-refractivity contribution >= 4 is 35.2 Å². The molecule has 0 spiro atoms. The summed E-state index contributed by atoms with van der Waals surface area (Å²) in [5, 5.41) is 3.43. The van der Waals surface area contributed by atoms with Gasteiger partial charge in [-0.25, -0.2) is 4.79 Å². The summed E-state index contributed by atoms with van der Waals surface area (Å²) in [6.45, 7) is 3.90. The van der Waals surface area contributed by atoms with Gasteiger partial charge in [-0.1, -0.05) is 23.7 Å². The Labute approximate surface area is 146 Å². The van der Waals surface area contributed by atoms with E-state index in [1.807, 2.05) is 19.1 Å². The summed E-state index contributed by atoms with van der Waals surface area (Å²) in [6, 6.07) is 12.2. The molecular formula is C19H18ClNO3. The molecule has 0 unspecified atom stereocenters. The average Bonchev–Trinajstić information content (AvgIpc) is 2.56. The highest BCUT2D eigenvalue weighted by molar-refractivity contribution is 6.30. The first-order valence-electron chi connectivity index (χ1n) is 7.52. The highest BCUT2D eigenvalue weighted by Crippen LogP contribution is 2.17. The number of benzene rings is 2. The van der Waals surface area contributed by atoms with Crippen LogP contribution in [0.1, 0.15) is 28.4 Å². The lowest BCUT2D eigenvalue weighted by Gasteiger charge is -2.08. The van der Waals surface area contributed by atoms with Crippen molar-refractivity contribution in [3.63, 3.8) is 0 Å². The Balaban J connectivity index is 2.03. The summed E-state index contributed by atoms with van der Waals surface area (Å²) in [6.07, 6.45) is 3.15. The number of hydrogen-bond donors (Lipinski definition) is 1. The number of carbonyl (C=O) groups is 2. The second-order valence-corrected chi connectivity index (χ2v) is 5.56. The quantitative estimate of drug-likeness (QED) is 0.643. The van der Waals surface area contributed by atoms with Gasteiger partial charge in [0.15, 0.2) is 0 Å².